The number of rotatable bonds is 9. The highest BCUT2D eigenvalue weighted by Gasteiger charge is 2.14. The summed E-state index contributed by atoms with van der Waals surface area (Å²) in [6, 6.07) is 12.9. The number of benzene rings is 2. The van der Waals surface area contributed by atoms with Crippen molar-refractivity contribution in [3.63, 3.8) is 0 Å². The van der Waals surface area contributed by atoms with Crippen molar-refractivity contribution in [2.24, 2.45) is 5.92 Å². The predicted molar refractivity (Wildman–Crippen MR) is 109 cm³/mol. The molecule has 2 rings (SSSR count). The highest BCUT2D eigenvalue weighted by Crippen LogP contribution is 2.25. The Balaban J connectivity index is 2.08. The molecule has 2 aromatic carbocycles. The molecule has 0 spiro atoms. The molecule has 0 atom stereocenters. The highest BCUT2D eigenvalue weighted by molar-refractivity contribution is 9.10. The van der Waals surface area contributed by atoms with E-state index in [9.17, 15) is 4.79 Å². The lowest BCUT2D eigenvalue weighted by Gasteiger charge is -2.13. The van der Waals surface area contributed by atoms with Gasteiger partial charge >= 0.3 is 0 Å². The van der Waals surface area contributed by atoms with Crippen LogP contribution in [-0.2, 0) is 0 Å². The SMILES string of the molecule is CCCOc1ccc(Br)cc1C(=O)Nc1cccc(OCCC(C)C)c1. The maximum atomic E-state index is 12.7. The summed E-state index contributed by atoms with van der Waals surface area (Å²) in [5.41, 5.74) is 1.19. The first-order valence-corrected chi connectivity index (χ1v) is 9.75. The lowest BCUT2D eigenvalue weighted by Crippen LogP contribution is -2.14. The molecule has 0 fully saturated rings. The first-order chi connectivity index (χ1) is 12.5. The molecule has 0 unspecified atom stereocenters. The van der Waals surface area contributed by atoms with Gasteiger partial charge in [-0.2, -0.15) is 0 Å². The Morgan fingerprint density at radius 1 is 1.12 bits per heavy atom. The summed E-state index contributed by atoms with van der Waals surface area (Å²) < 4.78 is 12.3. The van der Waals surface area contributed by atoms with Gasteiger partial charge in [0.05, 0.1) is 18.8 Å². The second-order valence-electron chi connectivity index (χ2n) is 6.50. The normalized spacial score (nSPS) is 10.7. The second kappa shape index (κ2) is 10.2. The third-order valence-corrected chi connectivity index (χ3v) is 4.20. The number of carbonyl (C=O) groups excluding carboxylic acids is 1. The fraction of sp³-hybridized carbons (Fsp3) is 0.381. The number of hydrogen-bond acceptors (Lipinski definition) is 3. The minimum Gasteiger partial charge on any atom is -0.494 e. The zero-order valence-corrected chi connectivity index (χ0v) is 17.1. The van der Waals surface area contributed by atoms with Crippen LogP contribution in [0.5, 0.6) is 11.5 Å². The summed E-state index contributed by atoms with van der Waals surface area (Å²) in [6.45, 7) is 7.59. The molecule has 0 aromatic heterocycles. The number of carbonyl (C=O) groups is 1. The number of hydrogen-bond donors (Lipinski definition) is 1. The van der Waals surface area contributed by atoms with Gasteiger partial charge in [0.15, 0.2) is 0 Å². The lowest BCUT2D eigenvalue weighted by molar-refractivity contribution is 0.102. The van der Waals surface area contributed by atoms with Gasteiger partial charge < -0.3 is 14.8 Å². The molecule has 1 amide bonds. The van der Waals surface area contributed by atoms with Gasteiger partial charge in [0.2, 0.25) is 0 Å². The number of amides is 1. The maximum absolute atomic E-state index is 12.7. The van der Waals surface area contributed by atoms with E-state index in [0.717, 1.165) is 23.1 Å². The van der Waals surface area contributed by atoms with Crippen LogP contribution in [0.1, 0.15) is 44.0 Å². The van der Waals surface area contributed by atoms with Crippen molar-refractivity contribution in [2.45, 2.75) is 33.6 Å². The number of nitrogens with one attached hydrogen (secondary N) is 1. The molecule has 0 aliphatic rings. The Bertz CT molecular complexity index is 731. The van der Waals surface area contributed by atoms with Crippen molar-refractivity contribution < 1.29 is 14.3 Å². The highest BCUT2D eigenvalue weighted by atomic mass is 79.9. The smallest absolute Gasteiger partial charge is 0.259 e. The van der Waals surface area contributed by atoms with Gasteiger partial charge in [0.1, 0.15) is 11.5 Å². The Kier molecular flexibility index (Phi) is 7.98. The molecule has 1 N–H and O–H groups in total. The van der Waals surface area contributed by atoms with Crippen LogP contribution in [0.25, 0.3) is 0 Å². The van der Waals surface area contributed by atoms with Gasteiger partial charge in [-0.05, 0) is 49.1 Å². The van der Waals surface area contributed by atoms with E-state index in [-0.39, 0.29) is 5.91 Å². The van der Waals surface area contributed by atoms with E-state index < -0.39 is 0 Å². The van der Waals surface area contributed by atoms with Crippen LogP contribution in [0, 0.1) is 5.92 Å². The standard InChI is InChI=1S/C21H26BrNO3/c1-4-11-26-20-9-8-16(22)13-19(20)21(24)23-17-6-5-7-18(14-17)25-12-10-15(2)3/h5-9,13-15H,4,10-12H2,1-3H3,(H,23,24). The van der Waals surface area contributed by atoms with E-state index in [1.807, 2.05) is 37.3 Å². The van der Waals surface area contributed by atoms with Crippen LogP contribution in [0.15, 0.2) is 46.9 Å². The van der Waals surface area contributed by atoms with Crippen molar-refractivity contribution in [1.29, 1.82) is 0 Å². The van der Waals surface area contributed by atoms with Crippen LogP contribution in [0.4, 0.5) is 5.69 Å². The van der Waals surface area contributed by atoms with Gasteiger partial charge in [-0.25, -0.2) is 0 Å². The molecule has 0 saturated carbocycles. The fourth-order valence-corrected chi connectivity index (χ4v) is 2.65. The number of ether oxygens (including phenoxy) is 2. The Morgan fingerprint density at radius 2 is 1.92 bits per heavy atom. The summed E-state index contributed by atoms with van der Waals surface area (Å²) in [6.07, 6.45) is 1.87. The van der Waals surface area contributed by atoms with Crippen LogP contribution in [0.3, 0.4) is 0 Å². The van der Waals surface area contributed by atoms with E-state index in [0.29, 0.717) is 36.1 Å². The molecule has 26 heavy (non-hydrogen) atoms. The van der Waals surface area contributed by atoms with Crippen molar-refractivity contribution >= 4 is 27.5 Å². The summed E-state index contributed by atoms with van der Waals surface area (Å²) in [5.74, 6) is 1.71. The molecule has 2 aromatic rings. The van der Waals surface area contributed by atoms with Gasteiger partial charge in [-0.3, -0.25) is 4.79 Å². The van der Waals surface area contributed by atoms with E-state index >= 15 is 0 Å². The molecule has 140 valence electrons. The second-order valence-corrected chi connectivity index (χ2v) is 7.42. The third-order valence-electron chi connectivity index (χ3n) is 3.70. The Morgan fingerprint density at radius 3 is 2.65 bits per heavy atom. The van der Waals surface area contributed by atoms with Crippen LogP contribution < -0.4 is 14.8 Å². The minimum atomic E-state index is -0.211. The van der Waals surface area contributed by atoms with Crippen LogP contribution in [-0.4, -0.2) is 19.1 Å². The summed E-state index contributed by atoms with van der Waals surface area (Å²) in [5, 5.41) is 2.92. The molecular weight excluding hydrogens is 394 g/mol. The third kappa shape index (κ3) is 6.37. The average molecular weight is 420 g/mol. The fourth-order valence-electron chi connectivity index (χ4n) is 2.29. The van der Waals surface area contributed by atoms with Crippen molar-refractivity contribution in [2.75, 3.05) is 18.5 Å². The van der Waals surface area contributed by atoms with Gasteiger partial charge in [-0.15, -0.1) is 0 Å². The molecule has 0 saturated heterocycles. The zero-order valence-electron chi connectivity index (χ0n) is 15.5. The Hall–Kier alpha value is -2.01. The van der Waals surface area contributed by atoms with Crippen molar-refractivity contribution in [3.8, 4) is 11.5 Å². The molecular formula is C21H26BrNO3. The predicted octanol–water partition coefficient (Wildman–Crippen LogP) is 5.92. The van der Waals surface area contributed by atoms with Crippen LogP contribution in [0.2, 0.25) is 0 Å². The molecule has 5 heteroatoms. The molecule has 0 heterocycles. The molecule has 0 aliphatic heterocycles. The number of anilines is 1. The maximum Gasteiger partial charge on any atom is 0.259 e. The van der Waals surface area contributed by atoms with E-state index in [1.165, 1.54) is 0 Å². The topological polar surface area (TPSA) is 47.6 Å². The van der Waals surface area contributed by atoms with Crippen LogP contribution >= 0.6 is 15.9 Å². The number of halogens is 1. The van der Waals surface area contributed by atoms with E-state index in [1.54, 1.807) is 12.1 Å². The molecule has 4 nitrogen and oxygen atoms in total. The summed E-state index contributed by atoms with van der Waals surface area (Å²) in [4.78, 5) is 12.7. The van der Waals surface area contributed by atoms with Gasteiger partial charge in [0, 0.05) is 16.2 Å². The molecule has 0 radical (unpaired) electrons. The van der Waals surface area contributed by atoms with E-state index in [4.69, 9.17) is 9.47 Å². The first kappa shape index (κ1) is 20.3. The summed E-state index contributed by atoms with van der Waals surface area (Å²) in [7, 11) is 0. The van der Waals surface area contributed by atoms with E-state index in [2.05, 4.69) is 35.1 Å². The van der Waals surface area contributed by atoms with Gasteiger partial charge in [0.25, 0.3) is 5.91 Å². The van der Waals surface area contributed by atoms with Gasteiger partial charge in [-0.1, -0.05) is 42.8 Å². The first-order valence-electron chi connectivity index (χ1n) is 8.96. The summed E-state index contributed by atoms with van der Waals surface area (Å²) >= 11 is 3.41. The monoisotopic (exact) mass is 419 g/mol. The largest absolute Gasteiger partial charge is 0.494 e. The molecule has 0 aliphatic carbocycles. The molecule has 0 bridgehead atoms. The minimum absolute atomic E-state index is 0.211. The Labute approximate surface area is 164 Å². The lowest BCUT2D eigenvalue weighted by atomic mass is 10.1. The van der Waals surface area contributed by atoms with Crippen molar-refractivity contribution in [3.05, 3.63) is 52.5 Å². The van der Waals surface area contributed by atoms with Crippen molar-refractivity contribution in [1.82, 2.24) is 0 Å². The average Bonchev–Trinajstić information content (AvgIpc) is 2.60. The quantitative estimate of drug-likeness (QED) is 0.548. The zero-order chi connectivity index (χ0) is 18.9.